The van der Waals surface area contributed by atoms with Crippen molar-refractivity contribution in [1.29, 1.82) is 0 Å². The van der Waals surface area contributed by atoms with Crippen LogP contribution in [0.3, 0.4) is 0 Å². The Hall–Kier alpha value is -5.20. The lowest BCUT2D eigenvalue weighted by atomic mass is 9.67. The Morgan fingerprint density at radius 3 is 1.93 bits per heavy atom. The molecule has 0 saturated heterocycles. The highest BCUT2D eigenvalue weighted by atomic mass is 14.5. The van der Waals surface area contributed by atoms with Gasteiger partial charge in [0.1, 0.15) is 0 Å². The molecule has 46 heavy (non-hydrogen) atoms. The van der Waals surface area contributed by atoms with Gasteiger partial charge in [-0.05, 0) is 91.7 Å². The van der Waals surface area contributed by atoms with E-state index in [1.807, 2.05) is 0 Å². The van der Waals surface area contributed by atoms with Gasteiger partial charge in [0.25, 0.3) is 0 Å². The molecule has 0 amide bonds. The molecule has 0 N–H and O–H groups in total. The van der Waals surface area contributed by atoms with E-state index in [4.69, 9.17) is 0 Å². The molecule has 220 valence electrons. The van der Waals surface area contributed by atoms with Gasteiger partial charge in [0.15, 0.2) is 0 Å². The molecular formula is C46H36. The van der Waals surface area contributed by atoms with Gasteiger partial charge in [0.05, 0.1) is 5.41 Å². The molecule has 1 atom stereocenters. The van der Waals surface area contributed by atoms with E-state index in [0.29, 0.717) is 0 Å². The Bertz CT molecular complexity index is 2230. The SMILES string of the molecule is Cc1ccc2c(c1)C(C)(CCc1cccc3c1-c1ccccc1C3(c1ccccc1)c1ccccc1)c1c-2ccc2ccccc12. The lowest BCUT2D eigenvalue weighted by molar-refractivity contribution is 0.536. The van der Waals surface area contributed by atoms with Gasteiger partial charge in [-0.2, -0.15) is 0 Å². The summed E-state index contributed by atoms with van der Waals surface area (Å²) in [4.78, 5) is 0. The largest absolute Gasteiger partial charge is 0.0713 e. The van der Waals surface area contributed by atoms with Crippen LogP contribution < -0.4 is 0 Å². The standard InChI is InChI=1S/C46H36/c1-31-24-26-37-38-27-25-32-14-9-10-20-36(32)44(38)45(2,42(37)30-31)29-28-33-15-13-23-41-43(33)39-21-11-12-22-40(39)46(41,34-16-5-3-6-17-34)35-18-7-4-8-19-35/h3-27,30H,28-29H2,1-2H3. The minimum absolute atomic E-state index is 0.103. The highest BCUT2D eigenvalue weighted by Crippen LogP contribution is 2.58. The smallest absolute Gasteiger partial charge is 0.0622 e. The second kappa shape index (κ2) is 10.2. The zero-order chi connectivity index (χ0) is 30.9. The molecule has 7 aromatic carbocycles. The van der Waals surface area contributed by atoms with Crippen LogP contribution in [0.2, 0.25) is 0 Å². The number of benzene rings is 7. The lowest BCUT2D eigenvalue weighted by Gasteiger charge is -2.34. The van der Waals surface area contributed by atoms with Crippen LogP contribution in [0.15, 0.2) is 158 Å². The summed E-state index contributed by atoms with van der Waals surface area (Å²) in [5.74, 6) is 0. The van der Waals surface area contributed by atoms with Gasteiger partial charge in [-0.3, -0.25) is 0 Å². The third kappa shape index (κ3) is 3.68. The van der Waals surface area contributed by atoms with Crippen LogP contribution in [0, 0.1) is 6.92 Å². The van der Waals surface area contributed by atoms with E-state index in [-0.39, 0.29) is 10.8 Å². The first-order valence-corrected chi connectivity index (χ1v) is 16.6. The number of fused-ring (bicyclic) bond motifs is 8. The Morgan fingerprint density at radius 1 is 0.500 bits per heavy atom. The van der Waals surface area contributed by atoms with Crippen molar-refractivity contribution in [1.82, 2.24) is 0 Å². The van der Waals surface area contributed by atoms with Crippen LogP contribution >= 0.6 is 0 Å². The summed E-state index contributed by atoms with van der Waals surface area (Å²) >= 11 is 0. The van der Waals surface area contributed by atoms with E-state index >= 15 is 0 Å². The summed E-state index contributed by atoms with van der Waals surface area (Å²) < 4.78 is 0. The average molecular weight is 589 g/mol. The predicted molar refractivity (Wildman–Crippen MR) is 193 cm³/mol. The van der Waals surface area contributed by atoms with Gasteiger partial charge in [0.2, 0.25) is 0 Å². The second-order valence-electron chi connectivity index (χ2n) is 13.5. The van der Waals surface area contributed by atoms with Crippen LogP contribution in [-0.2, 0) is 17.3 Å². The van der Waals surface area contributed by atoms with Crippen molar-refractivity contribution in [2.75, 3.05) is 0 Å². The van der Waals surface area contributed by atoms with Gasteiger partial charge < -0.3 is 0 Å². The molecule has 1 unspecified atom stereocenters. The Morgan fingerprint density at radius 2 is 1.15 bits per heavy atom. The Balaban J connectivity index is 1.24. The summed E-state index contributed by atoms with van der Waals surface area (Å²) in [5.41, 5.74) is 16.2. The summed E-state index contributed by atoms with van der Waals surface area (Å²) in [7, 11) is 0. The Kier molecular flexibility index (Phi) is 5.99. The first-order chi connectivity index (χ1) is 22.6. The van der Waals surface area contributed by atoms with Gasteiger partial charge >= 0.3 is 0 Å². The molecule has 0 radical (unpaired) electrons. The fourth-order valence-corrected chi connectivity index (χ4v) is 9.00. The molecule has 0 aromatic heterocycles. The molecule has 0 saturated carbocycles. The van der Waals surface area contributed by atoms with Crippen molar-refractivity contribution in [3.05, 3.63) is 202 Å². The Labute approximate surface area is 272 Å². The van der Waals surface area contributed by atoms with Crippen molar-refractivity contribution < 1.29 is 0 Å². The quantitative estimate of drug-likeness (QED) is 0.188. The molecule has 9 rings (SSSR count). The number of hydrogen-bond acceptors (Lipinski definition) is 0. The van der Waals surface area contributed by atoms with E-state index in [1.165, 1.54) is 77.5 Å². The first-order valence-electron chi connectivity index (χ1n) is 16.6. The topological polar surface area (TPSA) is 0 Å². The minimum Gasteiger partial charge on any atom is -0.0622 e. The summed E-state index contributed by atoms with van der Waals surface area (Å²) in [5, 5.41) is 2.70. The van der Waals surface area contributed by atoms with Crippen LogP contribution in [0.25, 0.3) is 33.0 Å². The van der Waals surface area contributed by atoms with Crippen molar-refractivity contribution in [2.24, 2.45) is 0 Å². The van der Waals surface area contributed by atoms with Crippen molar-refractivity contribution >= 4 is 10.8 Å². The van der Waals surface area contributed by atoms with Crippen molar-refractivity contribution in [3.63, 3.8) is 0 Å². The first kappa shape index (κ1) is 27.1. The van der Waals surface area contributed by atoms with Crippen molar-refractivity contribution in [3.8, 4) is 22.3 Å². The van der Waals surface area contributed by atoms with E-state index in [0.717, 1.165) is 12.8 Å². The molecular weight excluding hydrogens is 553 g/mol. The summed E-state index contributed by atoms with van der Waals surface area (Å²) in [6.45, 7) is 4.73. The van der Waals surface area contributed by atoms with E-state index < -0.39 is 0 Å². The molecule has 2 aliphatic carbocycles. The normalized spacial score (nSPS) is 16.9. The maximum absolute atomic E-state index is 2.50. The number of hydrogen-bond donors (Lipinski definition) is 0. The predicted octanol–water partition coefficient (Wildman–Crippen LogP) is 11.4. The summed E-state index contributed by atoms with van der Waals surface area (Å²) in [6.07, 6.45) is 2.02. The molecule has 0 fully saturated rings. The highest BCUT2D eigenvalue weighted by Gasteiger charge is 2.47. The van der Waals surface area contributed by atoms with Gasteiger partial charge in [-0.1, -0.05) is 170 Å². The van der Waals surface area contributed by atoms with E-state index in [1.54, 1.807) is 0 Å². The van der Waals surface area contributed by atoms with E-state index in [9.17, 15) is 0 Å². The number of rotatable bonds is 5. The summed E-state index contributed by atoms with van der Waals surface area (Å²) in [6, 6.07) is 59.2. The zero-order valence-corrected chi connectivity index (χ0v) is 26.4. The molecule has 7 aromatic rings. The van der Waals surface area contributed by atoms with Gasteiger partial charge in [-0.25, -0.2) is 0 Å². The second-order valence-corrected chi connectivity index (χ2v) is 13.5. The monoisotopic (exact) mass is 588 g/mol. The maximum atomic E-state index is 2.50. The maximum Gasteiger partial charge on any atom is 0.0713 e. The molecule has 0 bridgehead atoms. The third-order valence-corrected chi connectivity index (χ3v) is 11.0. The molecule has 0 heteroatoms. The van der Waals surface area contributed by atoms with Gasteiger partial charge in [-0.15, -0.1) is 0 Å². The number of aryl methyl sites for hydroxylation is 2. The molecule has 0 spiro atoms. The van der Waals surface area contributed by atoms with Crippen LogP contribution in [0.5, 0.6) is 0 Å². The fraction of sp³-hybridized carbons (Fsp3) is 0.130. The lowest BCUT2D eigenvalue weighted by Crippen LogP contribution is -2.28. The van der Waals surface area contributed by atoms with E-state index in [2.05, 4.69) is 172 Å². The van der Waals surface area contributed by atoms with Gasteiger partial charge in [0, 0.05) is 5.41 Å². The fourth-order valence-electron chi connectivity index (χ4n) is 9.00. The van der Waals surface area contributed by atoms with Crippen LogP contribution in [-0.4, -0.2) is 0 Å². The molecule has 0 aliphatic heterocycles. The average Bonchev–Trinajstić information content (AvgIpc) is 3.56. The zero-order valence-electron chi connectivity index (χ0n) is 26.4. The third-order valence-electron chi connectivity index (χ3n) is 11.0. The molecule has 0 nitrogen and oxygen atoms in total. The van der Waals surface area contributed by atoms with Crippen molar-refractivity contribution in [2.45, 2.75) is 37.5 Å². The highest BCUT2D eigenvalue weighted by molar-refractivity contribution is 5.97. The van der Waals surface area contributed by atoms with Crippen LogP contribution in [0.4, 0.5) is 0 Å². The molecule has 2 aliphatic rings. The molecule has 0 heterocycles. The van der Waals surface area contributed by atoms with Crippen LogP contribution in [0.1, 0.15) is 57.9 Å². The minimum atomic E-state index is -0.367.